The lowest BCUT2D eigenvalue weighted by Crippen LogP contribution is -2.47. The summed E-state index contributed by atoms with van der Waals surface area (Å²) in [4.78, 5) is 16.4. The van der Waals surface area contributed by atoms with Gasteiger partial charge >= 0.3 is 0 Å². The molecule has 1 aromatic carbocycles. The van der Waals surface area contributed by atoms with Crippen LogP contribution in [0.3, 0.4) is 0 Å². The quantitative estimate of drug-likeness (QED) is 0.759. The van der Waals surface area contributed by atoms with Gasteiger partial charge in [-0.15, -0.1) is 10.2 Å². The molecule has 144 valence electrons. The van der Waals surface area contributed by atoms with E-state index in [4.69, 9.17) is 0 Å². The van der Waals surface area contributed by atoms with Gasteiger partial charge in [-0.05, 0) is 42.8 Å². The monoisotopic (exact) mass is 371 g/mol. The molecule has 0 saturated carbocycles. The van der Waals surface area contributed by atoms with Gasteiger partial charge in [-0.3, -0.25) is 4.79 Å². The van der Waals surface area contributed by atoms with Crippen molar-refractivity contribution in [3.05, 3.63) is 47.9 Å². The van der Waals surface area contributed by atoms with Crippen molar-refractivity contribution in [2.75, 3.05) is 42.5 Å². The molecule has 0 atom stereocenters. The van der Waals surface area contributed by atoms with E-state index in [-0.39, 0.29) is 11.7 Å². The number of carbonyl (C=O) groups is 1. The first-order valence-corrected chi connectivity index (χ1v) is 9.55. The highest BCUT2D eigenvalue weighted by Crippen LogP contribution is 2.19. The Kier molecular flexibility index (Phi) is 6.57. The molecule has 0 aliphatic carbocycles. The third-order valence-electron chi connectivity index (χ3n) is 4.74. The number of halogens is 1. The fraction of sp³-hybridized carbons (Fsp3) is 0.450. The number of hydrogen-bond acceptors (Lipinski definition) is 5. The van der Waals surface area contributed by atoms with Gasteiger partial charge in [-0.25, -0.2) is 4.39 Å². The predicted molar refractivity (Wildman–Crippen MR) is 105 cm³/mol. The second kappa shape index (κ2) is 9.30. The number of anilines is 2. The molecule has 0 spiro atoms. The van der Waals surface area contributed by atoms with Crippen LogP contribution < -0.4 is 15.1 Å². The maximum atomic E-state index is 13.1. The number of piperazine rings is 1. The molecule has 3 rings (SSSR count). The Balaban J connectivity index is 1.51. The molecule has 27 heavy (non-hydrogen) atoms. The van der Waals surface area contributed by atoms with Crippen molar-refractivity contribution < 1.29 is 9.18 Å². The van der Waals surface area contributed by atoms with Crippen LogP contribution in [0.4, 0.5) is 15.9 Å². The number of nitrogens with one attached hydrogen (secondary N) is 1. The summed E-state index contributed by atoms with van der Waals surface area (Å²) in [6.07, 6.45) is 3.21. The highest BCUT2D eigenvalue weighted by molar-refractivity contribution is 5.92. The van der Waals surface area contributed by atoms with E-state index in [9.17, 15) is 9.18 Å². The topological polar surface area (TPSA) is 61.4 Å². The van der Waals surface area contributed by atoms with Crippen LogP contribution in [0.25, 0.3) is 0 Å². The van der Waals surface area contributed by atoms with Crippen LogP contribution in [-0.2, 0) is 0 Å². The molecule has 1 aromatic heterocycles. The zero-order valence-corrected chi connectivity index (χ0v) is 15.7. The Morgan fingerprint density at radius 1 is 1.00 bits per heavy atom. The van der Waals surface area contributed by atoms with E-state index in [2.05, 4.69) is 32.2 Å². The van der Waals surface area contributed by atoms with Crippen LogP contribution in [-0.4, -0.2) is 48.8 Å². The van der Waals surface area contributed by atoms with E-state index in [1.54, 1.807) is 18.2 Å². The number of hydrogen-bond donors (Lipinski definition) is 1. The molecular formula is C20H26FN5O. The van der Waals surface area contributed by atoms with E-state index >= 15 is 0 Å². The molecule has 1 saturated heterocycles. The lowest BCUT2D eigenvalue weighted by molar-refractivity contribution is 0.0947. The highest BCUT2D eigenvalue weighted by atomic mass is 19.1. The van der Waals surface area contributed by atoms with Crippen molar-refractivity contribution in [3.63, 3.8) is 0 Å². The van der Waals surface area contributed by atoms with Gasteiger partial charge in [0.05, 0.1) is 0 Å². The standard InChI is InChI=1S/C20H26FN5O/c1-2-3-4-11-22-20(27)18-9-10-19(24-23-18)26-14-12-25(13-15-26)17-7-5-16(21)6-8-17/h5-10H,2-4,11-15H2,1H3,(H,22,27). The van der Waals surface area contributed by atoms with Gasteiger partial charge in [0.2, 0.25) is 0 Å². The van der Waals surface area contributed by atoms with Crippen molar-refractivity contribution in [2.24, 2.45) is 0 Å². The van der Waals surface area contributed by atoms with E-state index in [0.29, 0.717) is 12.2 Å². The number of benzene rings is 1. The van der Waals surface area contributed by atoms with E-state index in [0.717, 1.165) is 56.9 Å². The van der Waals surface area contributed by atoms with Gasteiger partial charge in [0.1, 0.15) is 5.82 Å². The second-order valence-corrected chi connectivity index (χ2v) is 6.69. The Morgan fingerprint density at radius 2 is 1.70 bits per heavy atom. The van der Waals surface area contributed by atoms with Crippen LogP contribution in [0.5, 0.6) is 0 Å². The number of carbonyl (C=O) groups excluding carboxylic acids is 1. The van der Waals surface area contributed by atoms with Crippen molar-refractivity contribution in [1.29, 1.82) is 0 Å². The number of unbranched alkanes of at least 4 members (excludes halogenated alkanes) is 2. The predicted octanol–water partition coefficient (Wildman–Crippen LogP) is 2.86. The zero-order chi connectivity index (χ0) is 19.1. The largest absolute Gasteiger partial charge is 0.368 e. The normalized spacial score (nSPS) is 14.3. The van der Waals surface area contributed by atoms with Crippen LogP contribution in [0.15, 0.2) is 36.4 Å². The minimum absolute atomic E-state index is 0.175. The molecular weight excluding hydrogens is 345 g/mol. The molecule has 1 aliphatic rings. The average Bonchev–Trinajstić information content (AvgIpc) is 2.72. The van der Waals surface area contributed by atoms with Crippen LogP contribution in [0, 0.1) is 5.82 Å². The van der Waals surface area contributed by atoms with Crippen molar-refractivity contribution in [3.8, 4) is 0 Å². The summed E-state index contributed by atoms with van der Waals surface area (Å²) in [6, 6.07) is 10.2. The van der Waals surface area contributed by atoms with Crippen LogP contribution in [0.1, 0.15) is 36.7 Å². The van der Waals surface area contributed by atoms with Gasteiger partial charge in [-0.1, -0.05) is 19.8 Å². The highest BCUT2D eigenvalue weighted by Gasteiger charge is 2.19. The molecule has 1 N–H and O–H groups in total. The van der Waals surface area contributed by atoms with Gasteiger partial charge < -0.3 is 15.1 Å². The minimum atomic E-state index is -0.220. The van der Waals surface area contributed by atoms with E-state index in [1.807, 2.05) is 6.07 Å². The third kappa shape index (κ3) is 5.15. The van der Waals surface area contributed by atoms with Crippen LogP contribution in [0.2, 0.25) is 0 Å². The summed E-state index contributed by atoms with van der Waals surface area (Å²) in [5.74, 6) is 0.379. The molecule has 0 bridgehead atoms. The van der Waals surface area contributed by atoms with Gasteiger partial charge in [-0.2, -0.15) is 0 Å². The van der Waals surface area contributed by atoms with Crippen molar-refractivity contribution in [1.82, 2.24) is 15.5 Å². The first-order valence-electron chi connectivity index (χ1n) is 9.55. The average molecular weight is 371 g/mol. The number of rotatable bonds is 7. The van der Waals surface area contributed by atoms with Gasteiger partial charge in [0.25, 0.3) is 5.91 Å². The Bertz CT molecular complexity index is 727. The first kappa shape index (κ1) is 19.1. The molecule has 1 fully saturated rings. The lowest BCUT2D eigenvalue weighted by atomic mass is 10.2. The molecule has 1 aliphatic heterocycles. The minimum Gasteiger partial charge on any atom is -0.368 e. The SMILES string of the molecule is CCCCCNC(=O)c1ccc(N2CCN(c3ccc(F)cc3)CC2)nn1. The van der Waals surface area contributed by atoms with Crippen molar-refractivity contribution >= 4 is 17.4 Å². The number of nitrogens with zero attached hydrogens (tertiary/aromatic N) is 4. The Morgan fingerprint density at radius 3 is 2.33 bits per heavy atom. The Hall–Kier alpha value is -2.70. The first-order chi connectivity index (χ1) is 13.2. The molecule has 0 unspecified atom stereocenters. The summed E-state index contributed by atoms with van der Waals surface area (Å²) >= 11 is 0. The van der Waals surface area contributed by atoms with E-state index < -0.39 is 0 Å². The zero-order valence-electron chi connectivity index (χ0n) is 15.7. The van der Waals surface area contributed by atoms with Crippen LogP contribution >= 0.6 is 0 Å². The number of amides is 1. The summed E-state index contributed by atoms with van der Waals surface area (Å²) < 4.78 is 13.1. The lowest BCUT2D eigenvalue weighted by Gasteiger charge is -2.36. The Labute approximate surface area is 159 Å². The molecule has 6 nitrogen and oxygen atoms in total. The smallest absolute Gasteiger partial charge is 0.271 e. The second-order valence-electron chi connectivity index (χ2n) is 6.69. The molecule has 2 heterocycles. The van der Waals surface area contributed by atoms with Gasteiger partial charge in [0, 0.05) is 38.4 Å². The summed E-state index contributed by atoms with van der Waals surface area (Å²) in [5, 5.41) is 11.2. The molecule has 1 amide bonds. The molecule has 0 radical (unpaired) electrons. The summed E-state index contributed by atoms with van der Waals surface area (Å²) in [7, 11) is 0. The summed E-state index contributed by atoms with van der Waals surface area (Å²) in [6.45, 7) is 6.05. The maximum Gasteiger partial charge on any atom is 0.271 e. The maximum absolute atomic E-state index is 13.1. The molecule has 2 aromatic rings. The van der Waals surface area contributed by atoms with Crippen molar-refractivity contribution in [2.45, 2.75) is 26.2 Å². The van der Waals surface area contributed by atoms with Gasteiger partial charge in [0.15, 0.2) is 11.5 Å². The van der Waals surface area contributed by atoms with E-state index in [1.165, 1.54) is 12.1 Å². The molecule has 7 heteroatoms. The summed E-state index contributed by atoms with van der Waals surface area (Å²) in [5.41, 5.74) is 1.37. The number of aromatic nitrogens is 2. The fourth-order valence-corrected chi connectivity index (χ4v) is 3.13. The fourth-order valence-electron chi connectivity index (χ4n) is 3.13. The third-order valence-corrected chi connectivity index (χ3v) is 4.74.